The number of ether oxygens (including phenoxy) is 2. The number of halogens is 3. The first-order chi connectivity index (χ1) is 18.1. The molecule has 1 aromatic rings. The van der Waals surface area contributed by atoms with E-state index in [4.69, 9.17) is 19.4 Å². The Morgan fingerprint density at radius 1 is 1.31 bits per heavy atom. The molecule has 1 amide bonds. The molecule has 2 heterocycles. The molecule has 1 spiro atoms. The number of carboxylic acids is 1. The summed E-state index contributed by atoms with van der Waals surface area (Å²) >= 11 is 0. The number of aliphatic hydroxyl groups excluding tert-OH is 1. The van der Waals surface area contributed by atoms with Crippen molar-refractivity contribution in [3.63, 3.8) is 0 Å². The van der Waals surface area contributed by atoms with Crippen LogP contribution >= 0.6 is 0 Å². The number of carbonyl (C=O) groups excluding carboxylic acids is 2. The van der Waals surface area contributed by atoms with Crippen molar-refractivity contribution in [2.45, 2.75) is 68.0 Å². The molecular weight excluding hydrogens is 529 g/mol. The van der Waals surface area contributed by atoms with Crippen LogP contribution in [0.3, 0.4) is 0 Å². The summed E-state index contributed by atoms with van der Waals surface area (Å²) in [5.41, 5.74) is -0.0515. The fourth-order valence-electron chi connectivity index (χ4n) is 6.06. The summed E-state index contributed by atoms with van der Waals surface area (Å²) in [6.45, 7) is 2.13. The number of hydrogen-bond donors (Lipinski definition) is 5. The second-order valence-corrected chi connectivity index (χ2v) is 10.1. The summed E-state index contributed by atoms with van der Waals surface area (Å²) in [5, 5.41) is 41.4. The van der Waals surface area contributed by atoms with Crippen LogP contribution < -0.4 is 10.1 Å². The lowest BCUT2D eigenvalue weighted by Crippen LogP contribution is -2.74. The number of nitrogens with zero attached hydrogens (tertiary/aromatic N) is 1. The molecule has 1 fully saturated rings. The van der Waals surface area contributed by atoms with E-state index in [2.05, 4.69) is 10.2 Å². The number of benzene rings is 1. The third kappa shape index (κ3) is 4.70. The molecule has 0 aromatic heterocycles. The zero-order valence-corrected chi connectivity index (χ0v) is 21.1. The van der Waals surface area contributed by atoms with Crippen LogP contribution in [-0.2, 0) is 31.0 Å². The van der Waals surface area contributed by atoms with Gasteiger partial charge in [-0.2, -0.15) is 13.2 Å². The molecule has 2 bridgehead atoms. The number of aliphatic carboxylic acids is 1. The minimum absolute atomic E-state index is 0.0127. The fraction of sp³-hybridized carbons (Fsp3) is 0.560. The summed E-state index contributed by atoms with van der Waals surface area (Å²) in [7, 11) is 2.01. The van der Waals surface area contributed by atoms with Crippen molar-refractivity contribution < 1.29 is 57.5 Å². The Morgan fingerprint density at radius 2 is 1.97 bits per heavy atom. The minimum Gasteiger partial charge on any atom is -0.504 e. The van der Waals surface area contributed by atoms with Gasteiger partial charge >= 0.3 is 18.1 Å². The van der Waals surface area contributed by atoms with Gasteiger partial charge in [0.1, 0.15) is 11.9 Å². The number of aliphatic hydroxyl groups is 2. The number of phenols is 1. The highest BCUT2D eigenvalue weighted by atomic mass is 19.4. The minimum atomic E-state index is -5.08. The number of alkyl halides is 3. The number of hydrogen-bond acceptors (Lipinski definition) is 9. The molecule has 4 aliphatic rings. The largest absolute Gasteiger partial charge is 0.504 e. The Morgan fingerprint density at radius 3 is 2.59 bits per heavy atom. The molecule has 5 atom stereocenters. The maximum Gasteiger partial charge on any atom is 0.490 e. The standard InChI is InChI=1S/C23H28N2O7.C2HF3O2/c1-12(26)21(29)24-9-6-17(28)31-15-5-7-23(30)16-11-13-3-4-14(27)19-18(13)22(23,20(15)32-19)8-10-25(16)2;3-2(4,5)1(6)7/h3-5,12,16,20,26-27,30H,6-11H2,1-2H3,(H,24,29);(H,6,7)/t12-,16+,20-,22-,23+;/m0./s1. The van der Waals surface area contributed by atoms with E-state index >= 15 is 0 Å². The molecular formula is C25H29F3N2O9. The molecule has 5 rings (SSSR count). The number of esters is 1. The van der Waals surface area contributed by atoms with Crippen molar-refractivity contribution in [3.05, 3.63) is 35.1 Å². The molecule has 1 aromatic carbocycles. The maximum atomic E-state index is 12.5. The van der Waals surface area contributed by atoms with Gasteiger partial charge in [0.15, 0.2) is 17.6 Å². The molecule has 0 unspecified atom stereocenters. The van der Waals surface area contributed by atoms with Crippen LogP contribution in [0.4, 0.5) is 13.2 Å². The molecule has 39 heavy (non-hydrogen) atoms. The van der Waals surface area contributed by atoms with Crippen LogP contribution in [0.1, 0.15) is 37.3 Å². The normalized spacial score (nSPS) is 29.1. The van der Waals surface area contributed by atoms with Gasteiger partial charge in [-0.3, -0.25) is 9.59 Å². The molecule has 11 nitrogen and oxygen atoms in total. The number of aromatic hydroxyl groups is 1. The number of likely N-dealkylation sites (N-methyl/N-ethyl adjacent to an activating group) is 1. The fourth-order valence-corrected chi connectivity index (χ4v) is 6.06. The summed E-state index contributed by atoms with van der Waals surface area (Å²) in [5.74, 6) is -3.16. The zero-order valence-electron chi connectivity index (χ0n) is 21.1. The Labute approximate surface area is 220 Å². The lowest BCUT2D eigenvalue weighted by atomic mass is 9.50. The molecule has 5 N–H and O–H groups in total. The zero-order chi connectivity index (χ0) is 28.9. The van der Waals surface area contributed by atoms with Crippen molar-refractivity contribution in [1.29, 1.82) is 0 Å². The second kappa shape index (κ2) is 9.99. The second-order valence-electron chi connectivity index (χ2n) is 10.1. The molecule has 0 radical (unpaired) electrons. The quantitative estimate of drug-likeness (QED) is 0.325. The smallest absolute Gasteiger partial charge is 0.490 e. The lowest BCUT2D eigenvalue weighted by Gasteiger charge is -2.61. The first-order valence-electron chi connectivity index (χ1n) is 12.2. The highest BCUT2D eigenvalue weighted by molar-refractivity contribution is 5.80. The average Bonchev–Trinajstić information content (AvgIpc) is 3.20. The first-order valence-corrected chi connectivity index (χ1v) is 12.2. The van der Waals surface area contributed by atoms with Crippen LogP contribution in [0.5, 0.6) is 11.5 Å². The topological polar surface area (TPSA) is 166 Å². The van der Waals surface area contributed by atoms with E-state index < -0.39 is 47.2 Å². The van der Waals surface area contributed by atoms with Gasteiger partial charge in [-0.15, -0.1) is 0 Å². The first kappa shape index (κ1) is 28.6. The van der Waals surface area contributed by atoms with E-state index in [-0.39, 0.29) is 24.8 Å². The van der Waals surface area contributed by atoms with Crippen LogP contribution in [0, 0.1) is 0 Å². The highest BCUT2D eigenvalue weighted by Gasteiger charge is 2.72. The summed E-state index contributed by atoms with van der Waals surface area (Å²) in [6, 6.07) is 3.39. The van der Waals surface area contributed by atoms with Crippen LogP contribution in [0.25, 0.3) is 0 Å². The maximum absolute atomic E-state index is 12.5. The van der Waals surface area contributed by atoms with Gasteiger partial charge in [-0.05, 0) is 51.1 Å². The third-order valence-corrected chi connectivity index (χ3v) is 7.84. The van der Waals surface area contributed by atoms with E-state index in [1.54, 1.807) is 12.1 Å². The van der Waals surface area contributed by atoms with Crippen molar-refractivity contribution >= 4 is 17.8 Å². The van der Waals surface area contributed by atoms with Gasteiger partial charge in [-0.1, -0.05) is 6.07 Å². The number of carbonyl (C=O) groups is 3. The Balaban J connectivity index is 0.000000448. The number of carboxylic acid groups (broad SMARTS) is 1. The monoisotopic (exact) mass is 558 g/mol. The van der Waals surface area contributed by atoms with E-state index in [0.29, 0.717) is 30.8 Å². The van der Waals surface area contributed by atoms with E-state index in [9.17, 15) is 38.1 Å². The summed E-state index contributed by atoms with van der Waals surface area (Å²) < 4.78 is 43.6. The number of likely N-dealkylation sites (tertiary alicyclic amines) is 1. The molecule has 1 saturated heterocycles. The van der Waals surface area contributed by atoms with Crippen molar-refractivity contribution in [1.82, 2.24) is 10.2 Å². The van der Waals surface area contributed by atoms with Gasteiger partial charge in [0.05, 0.1) is 17.4 Å². The number of nitrogens with one attached hydrogen (secondary N) is 1. The predicted molar refractivity (Wildman–Crippen MR) is 126 cm³/mol. The van der Waals surface area contributed by atoms with Crippen LogP contribution in [0.15, 0.2) is 24.0 Å². The van der Waals surface area contributed by atoms with Gasteiger partial charge in [0.2, 0.25) is 5.91 Å². The Bertz CT molecular complexity index is 1220. The van der Waals surface area contributed by atoms with E-state index in [0.717, 1.165) is 17.7 Å². The van der Waals surface area contributed by atoms with Crippen molar-refractivity contribution in [2.75, 3.05) is 20.1 Å². The van der Waals surface area contributed by atoms with Crippen molar-refractivity contribution in [3.8, 4) is 11.5 Å². The summed E-state index contributed by atoms with van der Waals surface area (Å²) in [4.78, 5) is 35.0. The number of phenolic OH excluding ortho intramolecular Hbond substituents is 1. The van der Waals surface area contributed by atoms with Gasteiger partial charge in [0, 0.05) is 24.6 Å². The number of amides is 1. The molecule has 14 heteroatoms. The van der Waals surface area contributed by atoms with E-state index in [1.807, 2.05) is 13.1 Å². The van der Waals surface area contributed by atoms with Crippen molar-refractivity contribution in [2.24, 2.45) is 0 Å². The van der Waals surface area contributed by atoms with Gasteiger partial charge < -0.3 is 40.1 Å². The summed E-state index contributed by atoms with van der Waals surface area (Å²) in [6.07, 6.45) is -3.76. The third-order valence-electron chi connectivity index (χ3n) is 7.84. The lowest BCUT2D eigenvalue weighted by molar-refractivity contribution is -0.192. The molecule has 214 valence electrons. The highest BCUT2D eigenvalue weighted by Crippen LogP contribution is 2.65. The SMILES string of the molecule is C[C@H](O)C(=O)NCCC(=O)OC1=CC[C@@]2(O)[C@H]3Cc4ccc(O)c5c4[C@@]2(CCN3C)[C@H]1O5.O=C(O)C(F)(F)F. The number of rotatable bonds is 5. The molecule has 2 aliphatic carbocycles. The predicted octanol–water partition coefficient (Wildman–Crippen LogP) is 0.733. The van der Waals surface area contributed by atoms with Crippen LogP contribution in [-0.4, -0.2) is 93.3 Å². The van der Waals surface area contributed by atoms with Gasteiger partial charge in [0.25, 0.3) is 0 Å². The average molecular weight is 559 g/mol. The number of piperidine rings is 1. The Hall–Kier alpha value is -3.36. The van der Waals surface area contributed by atoms with E-state index in [1.165, 1.54) is 6.92 Å². The molecule has 0 saturated carbocycles. The Kier molecular flexibility index (Phi) is 7.34. The van der Waals surface area contributed by atoms with Gasteiger partial charge in [-0.25, -0.2) is 4.79 Å². The molecule has 2 aliphatic heterocycles. The van der Waals surface area contributed by atoms with Crippen LogP contribution in [0.2, 0.25) is 0 Å².